The van der Waals surface area contributed by atoms with E-state index in [2.05, 4.69) is 23.1 Å². The number of amidine groups is 1. The molecule has 180 valence electrons. The third-order valence-corrected chi connectivity index (χ3v) is 6.63. The molecule has 0 atom stereocenters. The van der Waals surface area contributed by atoms with Crippen molar-refractivity contribution in [3.8, 4) is 0 Å². The van der Waals surface area contributed by atoms with Gasteiger partial charge in [0, 0.05) is 51.4 Å². The number of unbranched alkanes of at least 4 members (excludes halogenated alkanes) is 2. The topological polar surface area (TPSA) is 96.1 Å². The maximum Gasteiger partial charge on any atom is 0.283 e. The molecule has 8 nitrogen and oxygen atoms in total. The van der Waals surface area contributed by atoms with E-state index in [0.29, 0.717) is 12.3 Å². The Morgan fingerprint density at radius 3 is 1.94 bits per heavy atom. The van der Waals surface area contributed by atoms with Crippen molar-refractivity contribution < 1.29 is 13.3 Å². The minimum atomic E-state index is -4.02. The molecule has 0 aromatic heterocycles. The second kappa shape index (κ2) is 12.3. The molecule has 0 aliphatic rings. The highest BCUT2D eigenvalue weighted by Crippen LogP contribution is 2.20. The highest BCUT2D eigenvalue weighted by molar-refractivity contribution is 7.90. The number of anilines is 1. The van der Waals surface area contributed by atoms with E-state index in [4.69, 9.17) is 0 Å². The molecule has 0 unspecified atom stereocenters. The Labute approximate surface area is 197 Å². The molecule has 33 heavy (non-hydrogen) atoms. The van der Waals surface area contributed by atoms with Crippen LogP contribution >= 0.6 is 0 Å². The van der Waals surface area contributed by atoms with Gasteiger partial charge < -0.3 is 9.80 Å². The van der Waals surface area contributed by atoms with Crippen molar-refractivity contribution in [3.63, 3.8) is 0 Å². The summed E-state index contributed by atoms with van der Waals surface area (Å²) < 4.78 is 30.5. The first-order valence-electron chi connectivity index (χ1n) is 11.3. The van der Waals surface area contributed by atoms with Crippen LogP contribution in [-0.2, 0) is 16.4 Å². The maximum absolute atomic E-state index is 13.1. The summed E-state index contributed by atoms with van der Waals surface area (Å²) in [6.07, 6.45) is 4.22. The lowest BCUT2D eigenvalue weighted by molar-refractivity contribution is -0.384. The molecule has 0 radical (unpaired) electrons. The molecule has 2 rings (SSSR count). The second-order valence-corrected chi connectivity index (χ2v) is 9.77. The first-order valence-corrected chi connectivity index (χ1v) is 12.7. The maximum atomic E-state index is 13.1. The average Bonchev–Trinajstić information content (AvgIpc) is 2.79. The van der Waals surface area contributed by atoms with Crippen molar-refractivity contribution in [1.29, 1.82) is 0 Å². The zero-order valence-corrected chi connectivity index (χ0v) is 20.7. The van der Waals surface area contributed by atoms with Crippen LogP contribution in [-0.4, -0.2) is 51.3 Å². The summed E-state index contributed by atoms with van der Waals surface area (Å²) in [5.41, 5.74) is 1.87. The van der Waals surface area contributed by atoms with Gasteiger partial charge in [-0.25, -0.2) is 0 Å². The highest BCUT2D eigenvalue weighted by atomic mass is 32.2. The van der Waals surface area contributed by atoms with Gasteiger partial charge in [0.05, 0.1) is 9.82 Å². The van der Waals surface area contributed by atoms with Crippen molar-refractivity contribution in [3.05, 3.63) is 64.2 Å². The fourth-order valence-corrected chi connectivity index (χ4v) is 4.34. The second-order valence-electron chi connectivity index (χ2n) is 8.17. The Hall–Kier alpha value is -2.94. The monoisotopic (exact) mass is 474 g/mol. The number of nitrogens with zero attached hydrogens (tertiary/aromatic N) is 4. The molecule has 0 saturated heterocycles. The summed E-state index contributed by atoms with van der Waals surface area (Å²) >= 11 is 0. The van der Waals surface area contributed by atoms with E-state index in [1.54, 1.807) is 0 Å². The smallest absolute Gasteiger partial charge is 0.283 e. The van der Waals surface area contributed by atoms with Gasteiger partial charge in [-0.05, 0) is 42.7 Å². The highest BCUT2D eigenvalue weighted by Gasteiger charge is 2.20. The Kier molecular flexibility index (Phi) is 9.84. The predicted molar refractivity (Wildman–Crippen MR) is 134 cm³/mol. The lowest BCUT2D eigenvalue weighted by Gasteiger charge is -2.26. The number of benzene rings is 2. The van der Waals surface area contributed by atoms with E-state index in [0.717, 1.165) is 50.0 Å². The number of hydrogen-bond acceptors (Lipinski definition) is 5. The number of sulfonamides is 1. The third-order valence-electron chi connectivity index (χ3n) is 5.31. The van der Waals surface area contributed by atoms with Crippen molar-refractivity contribution in [2.75, 3.05) is 32.1 Å². The molecule has 0 aliphatic heterocycles. The van der Waals surface area contributed by atoms with Crippen LogP contribution in [0.4, 0.5) is 11.4 Å². The molecular weight excluding hydrogens is 440 g/mol. The van der Waals surface area contributed by atoms with Gasteiger partial charge in [-0.15, -0.1) is 4.40 Å². The van der Waals surface area contributed by atoms with E-state index in [1.165, 1.54) is 24.3 Å². The molecule has 0 saturated carbocycles. The first-order chi connectivity index (χ1) is 15.7. The quantitative estimate of drug-likeness (QED) is 0.188. The lowest BCUT2D eigenvalue weighted by atomic mass is 10.1. The van der Waals surface area contributed by atoms with E-state index < -0.39 is 14.9 Å². The van der Waals surface area contributed by atoms with Crippen LogP contribution in [0.15, 0.2) is 57.8 Å². The lowest BCUT2D eigenvalue weighted by Crippen LogP contribution is -2.35. The van der Waals surface area contributed by atoms with Crippen molar-refractivity contribution in [2.24, 2.45) is 4.40 Å². The molecule has 0 fully saturated rings. The van der Waals surface area contributed by atoms with Crippen molar-refractivity contribution >= 4 is 27.2 Å². The molecule has 0 spiro atoms. The average molecular weight is 475 g/mol. The van der Waals surface area contributed by atoms with Crippen molar-refractivity contribution in [1.82, 2.24) is 4.90 Å². The van der Waals surface area contributed by atoms with Gasteiger partial charge in [0.2, 0.25) is 0 Å². The third kappa shape index (κ3) is 7.85. The van der Waals surface area contributed by atoms with Gasteiger partial charge in [-0.1, -0.05) is 38.8 Å². The molecule has 0 bridgehead atoms. The van der Waals surface area contributed by atoms with Crippen LogP contribution in [0.3, 0.4) is 0 Å². The largest absolute Gasteiger partial charge is 0.378 e. The minimum absolute atomic E-state index is 0.0560. The molecule has 0 amide bonds. The fraction of sp³-hybridized carbons (Fsp3) is 0.458. The number of rotatable bonds is 12. The van der Waals surface area contributed by atoms with Gasteiger partial charge in [-0.3, -0.25) is 10.1 Å². The van der Waals surface area contributed by atoms with E-state index in [1.807, 2.05) is 43.3 Å². The Morgan fingerprint density at radius 1 is 0.939 bits per heavy atom. The summed E-state index contributed by atoms with van der Waals surface area (Å²) in [6, 6.07) is 12.8. The molecule has 2 aromatic carbocycles. The number of nitro benzene ring substituents is 1. The Morgan fingerprint density at radius 2 is 1.48 bits per heavy atom. The van der Waals surface area contributed by atoms with Crippen LogP contribution in [0.2, 0.25) is 0 Å². The van der Waals surface area contributed by atoms with E-state index in [9.17, 15) is 18.5 Å². The van der Waals surface area contributed by atoms with E-state index >= 15 is 0 Å². The van der Waals surface area contributed by atoms with Crippen LogP contribution in [0.1, 0.15) is 45.1 Å². The van der Waals surface area contributed by atoms with Gasteiger partial charge in [0.15, 0.2) is 0 Å². The normalized spacial score (nSPS) is 11.9. The summed E-state index contributed by atoms with van der Waals surface area (Å²) in [4.78, 5) is 14.4. The van der Waals surface area contributed by atoms with E-state index in [-0.39, 0.29) is 10.6 Å². The zero-order valence-electron chi connectivity index (χ0n) is 19.9. The summed E-state index contributed by atoms with van der Waals surface area (Å²) in [5.74, 6) is 0.493. The van der Waals surface area contributed by atoms with Crippen LogP contribution in [0.25, 0.3) is 0 Å². The molecule has 0 aliphatic carbocycles. The summed E-state index contributed by atoms with van der Waals surface area (Å²) in [6.45, 7) is 5.65. The van der Waals surface area contributed by atoms with Gasteiger partial charge in [0.25, 0.3) is 15.7 Å². The molecule has 9 heteroatoms. The van der Waals surface area contributed by atoms with Gasteiger partial charge in [-0.2, -0.15) is 8.42 Å². The summed E-state index contributed by atoms with van der Waals surface area (Å²) in [7, 11) is -0.0870. The van der Waals surface area contributed by atoms with Crippen LogP contribution in [0.5, 0.6) is 0 Å². The zero-order chi connectivity index (χ0) is 24.4. The Bertz CT molecular complexity index is 1030. The number of hydrogen-bond donors (Lipinski definition) is 0. The molecule has 0 heterocycles. The van der Waals surface area contributed by atoms with Gasteiger partial charge in [0.1, 0.15) is 5.84 Å². The minimum Gasteiger partial charge on any atom is -0.378 e. The SMILES string of the molecule is CCCCN(CCCC)C(Cc1ccc(N(C)C)cc1)=NS(=O)(=O)c1ccc([N+](=O)[O-])cc1. The fourth-order valence-electron chi connectivity index (χ4n) is 3.30. The summed E-state index contributed by atoms with van der Waals surface area (Å²) in [5, 5.41) is 10.9. The Balaban J connectivity index is 2.45. The van der Waals surface area contributed by atoms with Gasteiger partial charge >= 0.3 is 0 Å². The number of non-ortho nitro benzene ring substituents is 1. The molecule has 2 aromatic rings. The standard InChI is InChI=1S/C24H34N4O4S/c1-5-7-17-27(18-8-6-2)24(19-20-9-11-21(12-10-20)26(3)4)25-33(31,32)23-15-13-22(14-16-23)28(29)30/h9-16H,5-8,17-19H2,1-4H3. The first kappa shape index (κ1) is 26.3. The van der Waals surface area contributed by atoms with Crippen LogP contribution < -0.4 is 4.90 Å². The van der Waals surface area contributed by atoms with Crippen LogP contribution in [0, 0.1) is 10.1 Å². The molecule has 0 N–H and O–H groups in total. The number of nitro groups is 1. The predicted octanol–water partition coefficient (Wildman–Crippen LogP) is 4.89. The van der Waals surface area contributed by atoms with Crippen molar-refractivity contribution in [2.45, 2.75) is 50.8 Å². The molecular formula is C24H34N4O4S.